The van der Waals surface area contributed by atoms with Crippen molar-refractivity contribution in [3.63, 3.8) is 0 Å². The third-order valence-corrected chi connectivity index (χ3v) is 23.3. The van der Waals surface area contributed by atoms with E-state index in [4.69, 9.17) is 46.9 Å². The Morgan fingerprint density at radius 3 is 1.06 bits per heavy atom. The molecule has 0 aromatic heterocycles. The smallest absolute Gasteiger partial charge is 0.463 e. The van der Waals surface area contributed by atoms with Gasteiger partial charge in [-0.15, -0.1) is 0 Å². The van der Waals surface area contributed by atoms with Gasteiger partial charge >= 0.3 is 31.7 Å². The van der Waals surface area contributed by atoms with Crippen molar-refractivity contribution in [1.29, 1.82) is 0 Å². The Bertz CT molecular complexity index is 2410. The van der Waals surface area contributed by atoms with Crippen molar-refractivity contribution in [2.45, 2.75) is 491 Å². The molecule has 25 nitrogen and oxygen atoms in total. The fraction of sp³-hybridized carbons (Fsp3) is 0.931. The number of aliphatic hydroxyl groups is 9. The molecule has 2 saturated heterocycles. The highest BCUT2D eigenvalue weighted by atomic mass is 31.2. The van der Waals surface area contributed by atoms with Crippen molar-refractivity contribution in [3.8, 4) is 0 Å². The Labute approximate surface area is 680 Å². The molecule has 0 bridgehead atoms. The molecular formula is C87H161O25P. The maximum Gasteiger partial charge on any atom is 0.472 e. The second-order valence-electron chi connectivity index (χ2n) is 32.5. The van der Waals surface area contributed by atoms with Crippen molar-refractivity contribution in [2.75, 3.05) is 26.4 Å². The number of ether oxygens (including phenoxy) is 8. The van der Waals surface area contributed by atoms with Crippen LogP contribution in [0.3, 0.4) is 0 Å². The predicted molar refractivity (Wildman–Crippen MR) is 435 cm³/mol. The molecule has 0 spiro atoms. The Balaban J connectivity index is 1.93. The highest BCUT2D eigenvalue weighted by Gasteiger charge is 2.60. The lowest BCUT2D eigenvalue weighted by Gasteiger charge is -2.50. The van der Waals surface area contributed by atoms with Crippen molar-refractivity contribution >= 4 is 31.7 Å². The number of phosphoric acid groups is 1. The topological polar surface area (TPSA) is 380 Å². The highest BCUT2D eigenvalue weighted by Crippen LogP contribution is 2.49. The summed E-state index contributed by atoms with van der Waals surface area (Å²) in [7, 11) is -5.80. The number of hydrogen-bond acceptors (Lipinski definition) is 24. The van der Waals surface area contributed by atoms with E-state index in [1.807, 2.05) is 0 Å². The zero-order valence-electron chi connectivity index (χ0n) is 70.4. The van der Waals surface area contributed by atoms with Gasteiger partial charge < -0.3 is 88.7 Å². The van der Waals surface area contributed by atoms with Crippen LogP contribution < -0.4 is 0 Å². The summed E-state index contributed by atoms with van der Waals surface area (Å²) in [6.45, 7) is 5.57. The first kappa shape index (κ1) is 104. The fourth-order valence-electron chi connectivity index (χ4n) is 15.0. The number of unbranched alkanes of at least 4 members (excludes halogenated alkanes) is 47. The molecule has 26 heteroatoms. The molecule has 664 valence electrons. The first-order valence-corrected chi connectivity index (χ1v) is 46.9. The molecule has 0 radical (unpaired) electrons. The molecule has 0 aromatic rings. The van der Waals surface area contributed by atoms with Crippen LogP contribution in [0.15, 0.2) is 12.2 Å². The van der Waals surface area contributed by atoms with E-state index >= 15 is 0 Å². The van der Waals surface area contributed by atoms with Gasteiger partial charge in [0.05, 0.1) is 13.2 Å². The summed E-state index contributed by atoms with van der Waals surface area (Å²) in [4.78, 5) is 66.3. The lowest BCUT2D eigenvalue weighted by molar-refractivity contribution is -0.360. The van der Waals surface area contributed by atoms with E-state index in [1.165, 1.54) is 161 Å². The standard InChI is InChI=1S/C87H161O25P/c1-5-9-13-17-21-25-29-33-34-38-42-46-50-54-58-62-73(92)109-82-78(97)79(98)83(110-86-80(99)76(95)74(93)68(63-88)107-86)85(84(82)111-87-81(100)77(96)75(94)69(108-87)66-104-71(90)60-56-52-48-44-40-36-31-27-23-19-15-11-7-3)112-113(101,102)105-65-67(106-72(91)61-57-53-49-45-41-37-32-28-24-20-16-12-8-4)64-103-70(89)59-55-51-47-43-39-35-30-26-22-18-14-10-6-2/h25,29,67-69,74-88,93-100H,5-24,26-28,30-66H2,1-4H3,(H,101,102)/b29-25-. The molecule has 113 heavy (non-hydrogen) atoms. The van der Waals surface area contributed by atoms with Crippen molar-refractivity contribution in [2.24, 2.45) is 0 Å². The summed E-state index contributed by atoms with van der Waals surface area (Å²) in [6.07, 6.45) is 23.6. The van der Waals surface area contributed by atoms with Crippen LogP contribution in [0.1, 0.15) is 387 Å². The number of carbonyl (C=O) groups is 4. The largest absolute Gasteiger partial charge is 0.472 e. The number of rotatable bonds is 73. The van der Waals surface area contributed by atoms with Gasteiger partial charge in [0, 0.05) is 25.7 Å². The van der Waals surface area contributed by atoms with Crippen LogP contribution in [0, 0.1) is 0 Å². The van der Waals surface area contributed by atoms with Gasteiger partial charge in [0.15, 0.2) is 24.8 Å². The van der Waals surface area contributed by atoms with Crippen LogP contribution in [-0.4, -0.2) is 205 Å². The third-order valence-electron chi connectivity index (χ3n) is 22.3. The van der Waals surface area contributed by atoms with Crippen molar-refractivity contribution in [3.05, 3.63) is 12.2 Å². The van der Waals surface area contributed by atoms with Crippen LogP contribution >= 0.6 is 7.82 Å². The minimum Gasteiger partial charge on any atom is -0.463 e. The zero-order valence-corrected chi connectivity index (χ0v) is 71.3. The average Bonchev–Trinajstić information content (AvgIpc) is 0.753. The van der Waals surface area contributed by atoms with E-state index in [0.717, 1.165) is 141 Å². The van der Waals surface area contributed by atoms with E-state index in [9.17, 15) is 74.6 Å². The first-order chi connectivity index (χ1) is 54.7. The summed E-state index contributed by atoms with van der Waals surface area (Å²) < 4.78 is 73.3. The highest BCUT2D eigenvalue weighted by molar-refractivity contribution is 7.47. The van der Waals surface area contributed by atoms with Crippen LogP contribution in [0.5, 0.6) is 0 Å². The maximum atomic E-state index is 14.9. The molecule has 3 aliphatic rings. The molecule has 10 N–H and O–H groups in total. The van der Waals surface area contributed by atoms with Crippen LogP contribution in [0.25, 0.3) is 0 Å². The fourth-order valence-corrected chi connectivity index (χ4v) is 16.0. The van der Waals surface area contributed by atoms with Gasteiger partial charge in [-0.3, -0.25) is 28.2 Å². The van der Waals surface area contributed by atoms with Gasteiger partial charge in [0.25, 0.3) is 0 Å². The molecule has 3 rings (SSSR count). The molecule has 2 aliphatic heterocycles. The SMILES string of the molecule is CCCCCC/C=C\CCCCCCCCCC(=O)OC1C(O)C(O)C(OC2OC(CO)C(O)C(O)C2O)C(OP(=O)(O)OCC(COC(=O)CCCCCCCCCCCCCCC)OC(=O)CCCCCCCCCCCCCCC)C1OC1OC(COC(=O)CCCCCCCCCCCCCCC)C(O)C(O)C1O. The Hall–Kier alpha value is -2.79. The minimum atomic E-state index is -5.80. The molecule has 2 heterocycles. The number of allylic oxidation sites excluding steroid dienone is 2. The summed E-state index contributed by atoms with van der Waals surface area (Å²) in [5.74, 6) is -2.96. The number of esters is 4. The number of carbonyl (C=O) groups excluding carboxylic acids is 4. The van der Waals surface area contributed by atoms with Gasteiger partial charge in [-0.1, -0.05) is 322 Å². The molecule has 1 saturated carbocycles. The maximum absolute atomic E-state index is 14.9. The molecular weight excluding hydrogens is 1480 g/mol. The molecule has 1 aliphatic carbocycles. The second kappa shape index (κ2) is 66.9. The molecule has 18 unspecified atom stereocenters. The Kier molecular flexibility index (Phi) is 61.8. The third kappa shape index (κ3) is 47.7. The second-order valence-corrected chi connectivity index (χ2v) is 33.9. The number of phosphoric ester groups is 1. The Morgan fingerprint density at radius 1 is 0.345 bits per heavy atom. The van der Waals surface area contributed by atoms with Gasteiger partial charge in [0.2, 0.25) is 0 Å². The van der Waals surface area contributed by atoms with Crippen molar-refractivity contribution < 1.29 is 122 Å². The first-order valence-electron chi connectivity index (χ1n) is 45.4. The average molecular weight is 1640 g/mol. The molecule has 18 atom stereocenters. The summed E-state index contributed by atoms with van der Waals surface area (Å²) in [5, 5.41) is 102. The molecule has 3 fully saturated rings. The van der Waals surface area contributed by atoms with Gasteiger partial charge in [0.1, 0.15) is 92.6 Å². The van der Waals surface area contributed by atoms with Crippen molar-refractivity contribution in [1.82, 2.24) is 0 Å². The molecule has 0 amide bonds. The van der Waals surface area contributed by atoms with Gasteiger partial charge in [-0.05, 0) is 51.4 Å². The van der Waals surface area contributed by atoms with Gasteiger partial charge in [-0.2, -0.15) is 0 Å². The molecule has 0 aromatic carbocycles. The number of hydrogen-bond donors (Lipinski definition) is 10. The van der Waals surface area contributed by atoms with Crippen LogP contribution in [0.4, 0.5) is 0 Å². The van der Waals surface area contributed by atoms with Crippen LogP contribution in [-0.2, 0) is 70.7 Å². The summed E-state index contributed by atoms with van der Waals surface area (Å²) in [6, 6.07) is 0. The summed E-state index contributed by atoms with van der Waals surface area (Å²) in [5.41, 5.74) is 0. The van der Waals surface area contributed by atoms with E-state index in [1.54, 1.807) is 0 Å². The van der Waals surface area contributed by atoms with E-state index in [0.29, 0.717) is 32.1 Å². The normalized spacial score (nSPS) is 25.5. The van der Waals surface area contributed by atoms with Gasteiger partial charge in [-0.25, -0.2) is 4.57 Å². The Morgan fingerprint density at radius 2 is 0.664 bits per heavy atom. The van der Waals surface area contributed by atoms with E-state index < -0.39 is 162 Å². The zero-order chi connectivity index (χ0) is 82.5. The van der Waals surface area contributed by atoms with E-state index in [-0.39, 0.29) is 25.7 Å². The van der Waals surface area contributed by atoms with Crippen LogP contribution in [0.2, 0.25) is 0 Å². The predicted octanol–water partition coefficient (Wildman–Crippen LogP) is 16.0. The monoisotopic (exact) mass is 1640 g/mol. The minimum absolute atomic E-state index is 0.0178. The quantitative estimate of drug-likeness (QED) is 0.00889. The van der Waals surface area contributed by atoms with E-state index in [2.05, 4.69) is 39.8 Å². The lowest BCUT2D eigenvalue weighted by atomic mass is 9.84. The number of aliphatic hydroxyl groups excluding tert-OH is 9. The summed E-state index contributed by atoms with van der Waals surface area (Å²) >= 11 is 0. The lowest BCUT2D eigenvalue weighted by Crippen LogP contribution is -2.70.